The van der Waals surface area contributed by atoms with E-state index < -0.39 is 0 Å². The summed E-state index contributed by atoms with van der Waals surface area (Å²) in [5.74, 6) is -0.316. The number of nitrogens with zero attached hydrogens (tertiary/aromatic N) is 4. The first-order valence-corrected chi connectivity index (χ1v) is 12.1. The zero-order chi connectivity index (χ0) is 22.6. The number of hydrogen-bond donors (Lipinski definition) is 0. The molecule has 0 atom stereocenters. The standard InChI is InChI=1S/C27H31FN4O/c28-23-13-4-5-14-25(23)32-24-15-6-12-22(24)26(29-32)27(33)31-18-8-17-30(19-20-31)16-7-11-21-9-2-1-3-10-21/h1-5,9-10,13-14H,6-8,11-12,15-20H2. The van der Waals surface area contributed by atoms with Gasteiger partial charge in [0, 0.05) is 30.9 Å². The van der Waals surface area contributed by atoms with Crippen molar-refractivity contribution in [2.24, 2.45) is 0 Å². The molecule has 2 aliphatic rings. The molecule has 0 spiro atoms. The van der Waals surface area contributed by atoms with E-state index in [9.17, 15) is 9.18 Å². The molecule has 0 unspecified atom stereocenters. The maximum absolute atomic E-state index is 14.5. The number of benzene rings is 2. The SMILES string of the molecule is O=C(c1nn(-c2ccccc2F)c2c1CCC2)N1CCCN(CCCc2ccccc2)CC1. The van der Waals surface area contributed by atoms with Crippen LogP contribution in [0.5, 0.6) is 0 Å². The molecule has 1 aliphatic carbocycles. The van der Waals surface area contributed by atoms with Crippen LogP contribution in [-0.2, 0) is 19.3 Å². The Morgan fingerprint density at radius 3 is 2.58 bits per heavy atom. The fourth-order valence-electron chi connectivity index (χ4n) is 5.13. The quantitative estimate of drug-likeness (QED) is 0.568. The maximum atomic E-state index is 14.5. The first-order chi connectivity index (χ1) is 16.2. The van der Waals surface area contributed by atoms with E-state index in [4.69, 9.17) is 0 Å². The van der Waals surface area contributed by atoms with E-state index >= 15 is 0 Å². The molecule has 3 aromatic rings. The van der Waals surface area contributed by atoms with Gasteiger partial charge in [-0.05, 0) is 69.3 Å². The Labute approximate surface area is 194 Å². The fraction of sp³-hybridized carbons (Fsp3) is 0.407. The number of carbonyl (C=O) groups is 1. The molecule has 0 saturated carbocycles. The lowest BCUT2D eigenvalue weighted by molar-refractivity contribution is 0.0754. The minimum atomic E-state index is -0.311. The van der Waals surface area contributed by atoms with Crippen LogP contribution in [0.3, 0.4) is 0 Å². The van der Waals surface area contributed by atoms with E-state index in [1.54, 1.807) is 16.8 Å². The summed E-state index contributed by atoms with van der Waals surface area (Å²) in [6, 6.07) is 17.3. The molecular formula is C27H31FN4O. The second kappa shape index (κ2) is 9.87. The van der Waals surface area contributed by atoms with Crippen LogP contribution in [0.4, 0.5) is 4.39 Å². The van der Waals surface area contributed by atoms with Gasteiger partial charge >= 0.3 is 0 Å². The highest BCUT2D eigenvalue weighted by Gasteiger charge is 2.30. The van der Waals surface area contributed by atoms with Crippen LogP contribution in [0.15, 0.2) is 54.6 Å². The van der Waals surface area contributed by atoms with Crippen molar-refractivity contribution in [2.45, 2.75) is 38.5 Å². The Morgan fingerprint density at radius 1 is 0.909 bits per heavy atom. The molecule has 6 heteroatoms. The molecule has 1 aromatic heterocycles. The number of aromatic nitrogens is 2. The summed E-state index contributed by atoms with van der Waals surface area (Å²) < 4.78 is 16.1. The summed E-state index contributed by atoms with van der Waals surface area (Å²) in [5, 5.41) is 4.64. The van der Waals surface area contributed by atoms with Crippen LogP contribution in [0.2, 0.25) is 0 Å². The van der Waals surface area contributed by atoms with Gasteiger partial charge in [0.1, 0.15) is 11.5 Å². The van der Waals surface area contributed by atoms with E-state index in [2.05, 4.69) is 40.3 Å². The largest absolute Gasteiger partial charge is 0.336 e. The van der Waals surface area contributed by atoms with Gasteiger partial charge in [0.05, 0.1) is 0 Å². The normalized spacial score (nSPS) is 16.6. The number of halogens is 1. The van der Waals surface area contributed by atoms with Crippen LogP contribution < -0.4 is 0 Å². The van der Waals surface area contributed by atoms with Crippen molar-refractivity contribution < 1.29 is 9.18 Å². The molecule has 1 aliphatic heterocycles. The molecule has 0 N–H and O–H groups in total. The van der Waals surface area contributed by atoms with Crippen molar-refractivity contribution in [1.29, 1.82) is 0 Å². The van der Waals surface area contributed by atoms with Gasteiger partial charge in [-0.15, -0.1) is 0 Å². The fourth-order valence-corrected chi connectivity index (χ4v) is 5.13. The molecule has 2 aromatic carbocycles. The summed E-state index contributed by atoms with van der Waals surface area (Å²) in [6.45, 7) is 4.41. The number of para-hydroxylation sites is 1. The third kappa shape index (κ3) is 4.71. The Kier molecular flexibility index (Phi) is 6.53. The molecule has 0 radical (unpaired) electrons. The average Bonchev–Trinajstić information content (AvgIpc) is 3.37. The van der Waals surface area contributed by atoms with E-state index in [-0.39, 0.29) is 11.7 Å². The van der Waals surface area contributed by atoms with Gasteiger partial charge in [0.25, 0.3) is 5.91 Å². The number of hydrogen-bond acceptors (Lipinski definition) is 3. The van der Waals surface area contributed by atoms with Crippen LogP contribution in [0.1, 0.15) is 46.6 Å². The van der Waals surface area contributed by atoms with Crippen molar-refractivity contribution in [1.82, 2.24) is 19.6 Å². The van der Waals surface area contributed by atoms with Gasteiger partial charge in [0.2, 0.25) is 0 Å². The van der Waals surface area contributed by atoms with E-state index in [1.807, 2.05) is 11.0 Å². The summed E-state index contributed by atoms with van der Waals surface area (Å²) in [6.07, 6.45) is 5.83. The third-order valence-electron chi connectivity index (χ3n) is 6.87. The highest BCUT2D eigenvalue weighted by Crippen LogP contribution is 2.29. The number of rotatable bonds is 6. The Balaban J connectivity index is 1.25. The van der Waals surface area contributed by atoms with Crippen molar-refractivity contribution in [3.63, 3.8) is 0 Å². The summed E-state index contributed by atoms with van der Waals surface area (Å²) in [5.41, 5.74) is 4.31. The van der Waals surface area contributed by atoms with E-state index in [1.165, 1.54) is 11.6 Å². The Morgan fingerprint density at radius 2 is 1.73 bits per heavy atom. The molecule has 1 fully saturated rings. The third-order valence-corrected chi connectivity index (χ3v) is 6.87. The topological polar surface area (TPSA) is 41.4 Å². The molecule has 0 bridgehead atoms. The lowest BCUT2D eigenvalue weighted by Crippen LogP contribution is -2.36. The molecule has 1 saturated heterocycles. The molecular weight excluding hydrogens is 415 g/mol. The van der Waals surface area contributed by atoms with E-state index in [0.717, 1.165) is 76.0 Å². The van der Waals surface area contributed by atoms with Gasteiger partial charge in [-0.3, -0.25) is 4.79 Å². The Bertz CT molecular complexity index is 1110. The molecule has 5 nitrogen and oxygen atoms in total. The van der Waals surface area contributed by atoms with Gasteiger partial charge in [-0.1, -0.05) is 42.5 Å². The minimum absolute atomic E-state index is 0.00521. The van der Waals surface area contributed by atoms with Crippen molar-refractivity contribution in [3.8, 4) is 5.69 Å². The Hall–Kier alpha value is -2.99. The number of aryl methyl sites for hydroxylation is 1. The van der Waals surface area contributed by atoms with Crippen molar-refractivity contribution >= 4 is 5.91 Å². The lowest BCUT2D eigenvalue weighted by Gasteiger charge is -2.21. The first-order valence-electron chi connectivity index (χ1n) is 12.1. The average molecular weight is 447 g/mol. The van der Waals surface area contributed by atoms with Gasteiger partial charge < -0.3 is 9.80 Å². The number of fused-ring (bicyclic) bond motifs is 1. The maximum Gasteiger partial charge on any atom is 0.274 e. The second-order valence-corrected chi connectivity index (χ2v) is 9.07. The molecule has 172 valence electrons. The lowest BCUT2D eigenvalue weighted by atomic mass is 10.1. The van der Waals surface area contributed by atoms with Gasteiger partial charge in [-0.25, -0.2) is 9.07 Å². The second-order valence-electron chi connectivity index (χ2n) is 9.07. The van der Waals surface area contributed by atoms with E-state index in [0.29, 0.717) is 17.9 Å². The van der Waals surface area contributed by atoms with Crippen LogP contribution in [-0.4, -0.2) is 58.2 Å². The van der Waals surface area contributed by atoms with Crippen LogP contribution in [0.25, 0.3) is 5.69 Å². The monoisotopic (exact) mass is 446 g/mol. The molecule has 1 amide bonds. The molecule has 33 heavy (non-hydrogen) atoms. The van der Waals surface area contributed by atoms with Crippen LogP contribution in [0, 0.1) is 5.82 Å². The summed E-state index contributed by atoms with van der Waals surface area (Å²) in [4.78, 5) is 17.9. The highest BCUT2D eigenvalue weighted by atomic mass is 19.1. The zero-order valence-corrected chi connectivity index (χ0v) is 19.0. The van der Waals surface area contributed by atoms with Crippen molar-refractivity contribution in [2.75, 3.05) is 32.7 Å². The smallest absolute Gasteiger partial charge is 0.274 e. The minimum Gasteiger partial charge on any atom is -0.336 e. The number of amides is 1. The van der Waals surface area contributed by atoms with Crippen LogP contribution >= 0.6 is 0 Å². The van der Waals surface area contributed by atoms with Gasteiger partial charge in [0.15, 0.2) is 5.69 Å². The first kappa shape index (κ1) is 21.8. The molecule has 2 heterocycles. The number of carbonyl (C=O) groups excluding carboxylic acids is 1. The predicted octanol–water partition coefficient (Wildman–Crippen LogP) is 4.28. The highest BCUT2D eigenvalue weighted by molar-refractivity contribution is 5.94. The predicted molar refractivity (Wildman–Crippen MR) is 127 cm³/mol. The van der Waals surface area contributed by atoms with Gasteiger partial charge in [-0.2, -0.15) is 5.10 Å². The summed E-state index contributed by atoms with van der Waals surface area (Å²) in [7, 11) is 0. The summed E-state index contributed by atoms with van der Waals surface area (Å²) >= 11 is 0. The molecule has 5 rings (SSSR count). The van der Waals surface area contributed by atoms with Crippen molar-refractivity contribution in [3.05, 3.63) is 82.9 Å². The zero-order valence-electron chi connectivity index (χ0n) is 19.0.